The third kappa shape index (κ3) is 3.25. The Bertz CT molecular complexity index is 802. The first kappa shape index (κ1) is 16.4. The minimum absolute atomic E-state index is 0.176. The number of hydrogen-bond donors (Lipinski definition) is 3. The van der Waals surface area contributed by atoms with Crippen LogP contribution in [0.25, 0.3) is 0 Å². The lowest BCUT2D eigenvalue weighted by Crippen LogP contribution is -2.27. The van der Waals surface area contributed by atoms with Crippen LogP contribution >= 0.6 is 23.2 Å². The van der Waals surface area contributed by atoms with E-state index < -0.39 is 0 Å². The van der Waals surface area contributed by atoms with Crippen LogP contribution in [0.5, 0.6) is 0 Å². The van der Waals surface area contributed by atoms with E-state index in [0.29, 0.717) is 30.0 Å². The summed E-state index contributed by atoms with van der Waals surface area (Å²) < 4.78 is 0. The molecule has 1 heterocycles. The Balaban J connectivity index is 1.82. The molecule has 124 valence electrons. The van der Waals surface area contributed by atoms with Gasteiger partial charge in [-0.1, -0.05) is 29.3 Å². The molecular weight excluding hydrogens is 351 g/mol. The molecule has 0 aromatic heterocycles. The molecule has 2 aromatic carbocycles. The fraction of sp³-hybridized carbons (Fsp3) is 0.125. The van der Waals surface area contributed by atoms with Crippen molar-refractivity contribution in [2.24, 2.45) is 0 Å². The average Bonchev–Trinajstić information content (AvgIpc) is 2.98. The Kier molecular flexibility index (Phi) is 4.51. The number of nitrogens with two attached hydrogens (primary N) is 1. The lowest BCUT2D eigenvalue weighted by Gasteiger charge is -2.15. The maximum atomic E-state index is 12.4. The predicted molar refractivity (Wildman–Crippen MR) is 96.0 cm³/mol. The van der Waals surface area contributed by atoms with Crippen LogP contribution in [0.3, 0.4) is 0 Å². The average molecular weight is 365 g/mol. The van der Waals surface area contributed by atoms with E-state index in [4.69, 9.17) is 28.9 Å². The molecule has 4 N–H and O–H groups in total. The molecule has 0 bridgehead atoms. The van der Waals surface area contributed by atoms with E-state index >= 15 is 0 Å². The first-order valence-corrected chi connectivity index (χ1v) is 7.92. The molecule has 0 atom stereocenters. The second kappa shape index (κ2) is 6.59. The number of nitrogens with one attached hydrogen (secondary N) is 2. The van der Waals surface area contributed by atoms with E-state index in [1.165, 1.54) is 12.1 Å². The van der Waals surface area contributed by atoms with Crippen molar-refractivity contribution in [3.05, 3.63) is 52.0 Å². The van der Waals surface area contributed by atoms with Crippen LogP contribution < -0.4 is 21.3 Å². The summed E-state index contributed by atoms with van der Waals surface area (Å²) in [6, 6.07) is 9.69. The molecule has 2 aromatic rings. The molecule has 1 saturated heterocycles. The van der Waals surface area contributed by atoms with E-state index in [0.717, 1.165) is 0 Å². The van der Waals surface area contributed by atoms with Gasteiger partial charge >= 0.3 is 6.03 Å². The smallest absolute Gasteiger partial charge is 0.321 e. The number of hydrogen-bond acceptors (Lipinski definition) is 3. The third-order valence-electron chi connectivity index (χ3n) is 3.61. The number of amides is 3. The zero-order valence-corrected chi connectivity index (χ0v) is 14.0. The van der Waals surface area contributed by atoms with Gasteiger partial charge in [-0.05, 0) is 30.3 Å². The highest BCUT2D eigenvalue weighted by Gasteiger charge is 2.21. The molecule has 0 radical (unpaired) electrons. The number of carbonyl (C=O) groups excluding carboxylic acids is 2. The second-order valence-corrected chi connectivity index (χ2v) is 6.06. The number of carbonyl (C=O) groups is 2. The van der Waals surface area contributed by atoms with Gasteiger partial charge in [0.15, 0.2) is 0 Å². The molecule has 0 spiro atoms. The van der Waals surface area contributed by atoms with Crippen LogP contribution in [0.1, 0.15) is 10.4 Å². The number of benzene rings is 2. The van der Waals surface area contributed by atoms with Crippen LogP contribution in [-0.4, -0.2) is 25.0 Å². The molecule has 6 nitrogen and oxygen atoms in total. The van der Waals surface area contributed by atoms with E-state index in [1.54, 1.807) is 29.2 Å². The summed E-state index contributed by atoms with van der Waals surface area (Å²) in [6.07, 6.45) is 0. The first-order chi connectivity index (χ1) is 11.5. The highest BCUT2D eigenvalue weighted by molar-refractivity contribution is 6.39. The number of rotatable bonds is 3. The summed E-state index contributed by atoms with van der Waals surface area (Å²) in [4.78, 5) is 25.7. The molecule has 0 aliphatic carbocycles. The highest BCUT2D eigenvalue weighted by Crippen LogP contribution is 2.31. The number of urea groups is 1. The molecule has 1 aliphatic heterocycles. The topological polar surface area (TPSA) is 87.5 Å². The summed E-state index contributed by atoms with van der Waals surface area (Å²) in [7, 11) is 0. The van der Waals surface area contributed by atoms with Crippen LogP contribution in [-0.2, 0) is 0 Å². The normalized spacial score (nSPS) is 13.8. The Labute approximate surface area is 148 Å². The van der Waals surface area contributed by atoms with Crippen molar-refractivity contribution in [3.63, 3.8) is 0 Å². The molecule has 8 heteroatoms. The third-order valence-corrected chi connectivity index (χ3v) is 4.24. The first-order valence-electron chi connectivity index (χ1n) is 7.17. The maximum absolute atomic E-state index is 12.4. The highest BCUT2D eigenvalue weighted by atomic mass is 35.5. The minimum Gasteiger partial charge on any atom is -0.396 e. The van der Waals surface area contributed by atoms with E-state index in [1.807, 2.05) is 0 Å². The van der Waals surface area contributed by atoms with Gasteiger partial charge in [0.2, 0.25) is 0 Å². The van der Waals surface area contributed by atoms with Gasteiger partial charge in [-0.15, -0.1) is 0 Å². The summed E-state index contributed by atoms with van der Waals surface area (Å²) in [6.45, 7) is 1.14. The molecule has 3 rings (SSSR count). The van der Waals surface area contributed by atoms with Gasteiger partial charge in [0.1, 0.15) is 0 Å². The summed E-state index contributed by atoms with van der Waals surface area (Å²) >= 11 is 11.9. The Hall–Kier alpha value is -2.44. The van der Waals surface area contributed by atoms with Gasteiger partial charge < -0.3 is 16.4 Å². The Morgan fingerprint density at radius 3 is 2.54 bits per heavy atom. The van der Waals surface area contributed by atoms with E-state index in [9.17, 15) is 9.59 Å². The fourth-order valence-electron chi connectivity index (χ4n) is 2.39. The van der Waals surface area contributed by atoms with Crippen molar-refractivity contribution in [2.75, 3.05) is 29.0 Å². The summed E-state index contributed by atoms with van der Waals surface area (Å²) in [5, 5.41) is 5.96. The zero-order chi connectivity index (χ0) is 17.3. The maximum Gasteiger partial charge on any atom is 0.321 e. The standard InChI is InChI=1S/C16H14Cl2N4O2/c17-12-7-10(8-13(18)14(12)19)21-15(23)9-2-1-3-11(6-9)22-5-4-20-16(22)24/h1-3,6-8H,4-5,19H2,(H,20,24)(H,21,23). The van der Waals surface area contributed by atoms with Crippen molar-refractivity contribution in [2.45, 2.75) is 0 Å². The molecule has 1 fully saturated rings. The van der Waals surface area contributed by atoms with Crippen LogP contribution in [0, 0.1) is 0 Å². The van der Waals surface area contributed by atoms with Gasteiger partial charge in [0.25, 0.3) is 5.91 Å². The van der Waals surface area contributed by atoms with Crippen LogP contribution in [0.4, 0.5) is 21.9 Å². The Morgan fingerprint density at radius 1 is 1.21 bits per heavy atom. The second-order valence-electron chi connectivity index (χ2n) is 5.24. The SMILES string of the molecule is Nc1c(Cl)cc(NC(=O)c2cccc(N3CCNC3=O)c2)cc1Cl. The Morgan fingerprint density at radius 2 is 1.92 bits per heavy atom. The molecular formula is C16H14Cl2N4O2. The van der Waals surface area contributed by atoms with Crippen molar-refractivity contribution in [1.29, 1.82) is 0 Å². The van der Waals surface area contributed by atoms with Crippen molar-refractivity contribution >= 4 is 52.2 Å². The van der Waals surface area contributed by atoms with Crippen LogP contribution in [0.15, 0.2) is 36.4 Å². The molecule has 24 heavy (non-hydrogen) atoms. The van der Waals surface area contributed by atoms with Crippen LogP contribution in [0.2, 0.25) is 10.0 Å². The number of anilines is 3. The lowest BCUT2D eigenvalue weighted by atomic mass is 10.1. The predicted octanol–water partition coefficient (Wildman–Crippen LogP) is 3.36. The molecule has 1 aliphatic rings. The van der Waals surface area contributed by atoms with Crippen molar-refractivity contribution in [3.8, 4) is 0 Å². The van der Waals surface area contributed by atoms with Gasteiger partial charge in [-0.3, -0.25) is 9.69 Å². The number of halogens is 2. The summed E-state index contributed by atoms with van der Waals surface area (Å²) in [5.41, 5.74) is 7.45. The van der Waals surface area contributed by atoms with Crippen molar-refractivity contribution in [1.82, 2.24) is 5.32 Å². The monoisotopic (exact) mass is 364 g/mol. The lowest BCUT2D eigenvalue weighted by molar-refractivity contribution is 0.102. The van der Waals surface area contributed by atoms with E-state index in [2.05, 4.69) is 10.6 Å². The molecule has 3 amide bonds. The van der Waals surface area contributed by atoms with Gasteiger partial charge in [0, 0.05) is 30.0 Å². The van der Waals surface area contributed by atoms with E-state index in [-0.39, 0.29) is 27.7 Å². The largest absolute Gasteiger partial charge is 0.396 e. The summed E-state index contributed by atoms with van der Waals surface area (Å²) in [5.74, 6) is -0.339. The fourth-order valence-corrected chi connectivity index (χ4v) is 2.88. The molecule has 0 unspecified atom stereocenters. The molecule has 0 saturated carbocycles. The van der Waals surface area contributed by atoms with Gasteiger partial charge in [-0.25, -0.2) is 4.79 Å². The van der Waals surface area contributed by atoms with Crippen molar-refractivity contribution < 1.29 is 9.59 Å². The minimum atomic E-state index is -0.339. The van der Waals surface area contributed by atoms with Gasteiger partial charge in [-0.2, -0.15) is 0 Å². The number of nitrogen functional groups attached to an aromatic ring is 1. The van der Waals surface area contributed by atoms with Gasteiger partial charge in [0.05, 0.1) is 15.7 Å². The zero-order valence-electron chi connectivity index (χ0n) is 12.5. The quantitative estimate of drug-likeness (QED) is 0.729. The number of nitrogens with zero attached hydrogens (tertiary/aromatic N) is 1.